The van der Waals surface area contributed by atoms with E-state index >= 15 is 0 Å². The number of carbonyl (C=O) groups is 1. The van der Waals surface area contributed by atoms with Crippen LogP contribution in [0.4, 0.5) is 13.2 Å². The topological polar surface area (TPSA) is 68.5 Å². The van der Waals surface area contributed by atoms with Crippen LogP contribution in [0.5, 0.6) is 0 Å². The highest BCUT2D eigenvalue weighted by Gasteiger charge is 2.33. The Morgan fingerprint density at radius 2 is 2.04 bits per heavy atom. The monoisotopic (exact) mass is 345 g/mol. The molecule has 0 unspecified atom stereocenters. The number of likely N-dealkylation sites (tertiary alicyclic amines) is 1. The first kappa shape index (κ1) is 18.7. The Morgan fingerprint density at radius 3 is 2.58 bits per heavy atom. The fraction of sp³-hybridized carbons (Fsp3) is 0.625. The number of aryl methyl sites for hydroxylation is 1. The third kappa shape index (κ3) is 4.67. The number of ether oxygens (including phenoxy) is 1. The third-order valence-electron chi connectivity index (χ3n) is 4.04. The number of nitrogens with two attached hydrogens (primary N) is 1. The zero-order valence-corrected chi connectivity index (χ0v) is 13.6. The summed E-state index contributed by atoms with van der Waals surface area (Å²) in [5, 5.41) is 0. The summed E-state index contributed by atoms with van der Waals surface area (Å²) in [6.07, 6.45) is -2.18. The lowest BCUT2D eigenvalue weighted by molar-refractivity contribution is -0.141. The molecule has 0 radical (unpaired) electrons. The number of pyridine rings is 1. The summed E-state index contributed by atoms with van der Waals surface area (Å²) in [6, 6.07) is 2.06. The molecule has 2 heterocycles. The molecule has 0 aromatic carbocycles. The number of rotatable bonds is 5. The van der Waals surface area contributed by atoms with Gasteiger partial charge in [-0.1, -0.05) is 0 Å². The average molecular weight is 345 g/mol. The molecule has 1 saturated heterocycles. The van der Waals surface area contributed by atoms with Gasteiger partial charge in [0, 0.05) is 19.7 Å². The van der Waals surface area contributed by atoms with E-state index in [2.05, 4.69) is 4.98 Å². The van der Waals surface area contributed by atoms with E-state index in [4.69, 9.17) is 10.5 Å². The van der Waals surface area contributed by atoms with Gasteiger partial charge in [0.2, 0.25) is 0 Å². The van der Waals surface area contributed by atoms with E-state index in [-0.39, 0.29) is 23.3 Å². The van der Waals surface area contributed by atoms with Crippen molar-refractivity contribution >= 4 is 5.91 Å². The zero-order valence-electron chi connectivity index (χ0n) is 13.6. The van der Waals surface area contributed by atoms with Crippen LogP contribution in [-0.4, -0.2) is 48.1 Å². The standard InChI is InChI=1S/C16H22F3N3O2/c1-11-13(3-4-14(21-11)16(17,18)19)15(23)22-8-5-12(6-9-22)24-10-2-7-20/h3-4,12H,2,5-10,20H2,1H3. The molecular formula is C16H22F3N3O2. The number of halogens is 3. The average Bonchev–Trinajstić information content (AvgIpc) is 2.54. The first-order chi connectivity index (χ1) is 11.3. The maximum absolute atomic E-state index is 12.6. The molecule has 1 aliphatic rings. The van der Waals surface area contributed by atoms with Crippen LogP contribution < -0.4 is 5.73 Å². The number of carbonyl (C=O) groups excluding carboxylic acids is 1. The molecule has 1 aromatic rings. The molecule has 1 aliphatic heterocycles. The van der Waals surface area contributed by atoms with Crippen LogP contribution in [0.1, 0.15) is 41.0 Å². The van der Waals surface area contributed by atoms with E-state index in [0.717, 1.165) is 12.5 Å². The van der Waals surface area contributed by atoms with Crippen molar-refractivity contribution < 1.29 is 22.7 Å². The molecule has 134 valence electrons. The molecule has 2 rings (SSSR count). The lowest BCUT2D eigenvalue weighted by atomic mass is 10.1. The lowest BCUT2D eigenvalue weighted by Gasteiger charge is -2.32. The van der Waals surface area contributed by atoms with Gasteiger partial charge in [0.15, 0.2) is 0 Å². The second kappa shape index (κ2) is 7.94. The first-order valence-electron chi connectivity index (χ1n) is 7.98. The van der Waals surface area contributed by atoms with Crippen LogP contribution in [0, 0.1) is 6.92 Å². The molecule has 1 fully saturated rings. The predicted octanol–water partition coefficient (Wildman–Crippen LogP) is 2.38. The minimum atomic E-state index is -4.51. The Labute approximate surface area is 139 Å². The minimum absolute atomic E-state index is 0.0937. The highest BCUT2D eigenvalue weighted by atomic mass is 19.4. The molecule has 0 bridgehead atoms. The summed E-state index contributed by atoms with van der Waals surface area (Å²) >= 11 is 0. The highest BCUT2D eigenvalue weighted by Crippen LogP contribution is 2.28. The van der Waals surface area contributed by atoms with Crippen molar-refractivity contribution in [3.8, 4) is 0 Å². The SMILES string of the molecule is Cc1nc(C(F)(F)F)ccc1C(=O)N1CCC(OCCCN)CC1. The van der Waals surface area contributed by atoms with Gasteiger partial charge in [-0.15, -0.1) is 0 Å². The summed E-state index contributed by atoms with van der Waals surface area (Å²) < 4.78 is 43.6. The maximum Gasteiger partial charge on any atom is 0.433 e. The van der Waals surface area contributed by atoms with Crippen molar-refractivity contribution in [2.75, 3.05) is 26.2 Å². The number of piperidine rings is 1. The Bertz CT molecular complexity index is 570. The first-order valence-corrected chi connectivity index (χ1v) is 7.98. The van der Waals surface area contributed by atoms with Crippen molar-refractivity contribution in [3.05, 3.63) is 29.1 Å². The van der Waals surface area contributed by atoms with Gasteiger partial charge in [-0.05, 0) is 44.9 Å². The normalized spacial score (nSPS) is 16.5. The van der Waals surface area contributed by atoms with Crippen LogP contribution in [0.2, 0.25) is 0 Å². The molecule has 0 atom stereocenters. The third-order valence-corrected chi connectivity index (χ3v) is 4.04. The van der Waals surface area contributed by atoms with Crippen LogP contribution >= 0.6 is 0 Å². The van der Waals surface area contributed by atoms with E-state index in [0.29, 0.717) is 39.1 Å². The van der Waals surface area contributed by atoms with Crippen molar-refractivity contribution in [2.24, 2.45) is 5.73 Å². The number of nitrogens with zero attached hydrogens (tertiary/aromatic N) is 2. The van der Waals surface area contributed by atoms with E-state index in [9.17, 15) is 18.0 Å². The fourth-order valence-electron chi connectivity index (χ4n) is 2.67. The number of alkyl halides is 3. The largest absolute Gasteiger partial charge is 0.433 e. The Hall–Kier alpha value is -1.67. The summed E-state index contributed by atoms with van der Waals surface area (Å²) in [5.74, 6) is -0.283. The number of amides is 1. The smallest absolute Gasteiger partial charge is 0.378 e. The molecule has 0 aliphatic carbocycles. The lowest BCUT2D eigenvalue weighted by Crippen LogP contribution is -2.41. The number of hydrogen-bond acceptors (Lipinski definition) is 4. The molecular weight excluding hydrogens is 323 g/mol. The Morgan fingerprint density at radius 1 is 1.38 bits per heavy atom. The summed E-state index contributed by atoms with van der Waals surface area (Å²) in [6.45, 7) is 3.65. The van der Waals surface area contributed by atoms with Crippen molar-refractivity contribution in [2.45, 2.75) is 38.5 Å². The van der Waals surface area contributed by atoms with E-state index in [1.54, 1.807) is 4.90 Å². The van der Waals surface area contributed by atoms with E-state index in [1.807, 2.05) is 0 Å². The van der Waals surface area contributed by atoms with Gasteiger partial charge < -0.3 is 15.4 Å². The molecule has 1 aromatic heterocycles. The fourth-order valence-corrected chi connectivity index (χ4v) is 2.67. The van der Waals surface area contributed by atoms with Gasteiger partial charge in [0.25, 0.3) is 5.91 Å². The predicted molar refractivity (Wildman–Crippen MR) is 82.5 cm³/mol. The van der Waals surface area contributed by atoms with Crippen LogP contribution in [0.15, 0.2) is 12.1 Å². The molecule has 0 saturated carbocycles. The minimum Gasteiger partial charge on any atom is -0.378 e. The van der Waals surface area contributed by atoms with Gasteiger partial charge in [0.1, 0.15) is 5.69 Å². The van der Waals surface area contributed by atoms with Gasteiger partial charge in [-0.3, -0.25) is 4.79 Å². The van der Waals surface area contributed by atoms with Crippen molar-refractivity contribution in [3.63, 3.8) is 0 Å². The van der Waals surface area contributed by atoms with E-state index in [1.165, 1.54) is 13.0 Å². The van der Waals surface area contributed by atoms with Crippen LogP contribution in [0.25, 0.3) is 0 Å². The van der Waals surface area contributed by atoms with Gasteiger partial charge in [-0.25, -0.2) is 4.98 Å². The Balaban J connectivity index is 1.96. The van der Waals surface area contributed by atoms with Crippen LogP contribution in [-0.2, 0) is 10.9 Å². The summed E-state index contributed by atoms with van der Waals surface area (Å²) in [7, 11) is 0. The van der Waals surface area contributed by atoms with Crippen molar-refractivity contribution in [1.29, 1.82) is 0 Å². The molecule has 5 nitrogen and oxygen atoms in total. The summed E-state index contributed by atoms with van der Waals surface area (Å²) in [5.41, 5.74) is 4.74. The molecule has 24 heavy (non-hydrogen) atoms. The molecule has 0 spiro atoms. The van der Waals surface area contributed by atoms with Crippen molar-refractivity contribution in [1.82, 2.24) is 9.88 Å². The van der Waals surface area contributed by atoms with E-state index < -0.39 is 11.9 Å². The molecule has 8 heteroatoms. The zero-order chi connectivity index (χ0) is 17.7. The quantitative estimate of drug-likeness (QED) is 0.832. The second-order valence-corrected chi connectivity index (χ2v) is 5.83. The van der Waals surface area contributed by atoms with Gasteiger partial charge in [0.05, 0.1) is 17.4 Å². The highest BCUT2D eigenvalue weighted by molar-refractivity contribution is 5.95. The van der Waals surface area contributed by atoms with Gasteiger partial charge >= 0.3 is 6.18 Å². The Kier molecular flexibility index (Phi) is 6.17. The number of aromatic nitrogens is 1. The second-order valence-electron chi connectivity index (χ2n) is 5.83. The van der Waals surface area contributed by atoms with Gasteiger partial charge in [-0.2, -0.15) is 13.2 Å². The maximum atomic E-state index is 12.6. The van der Waals surface area contributed by atoms with Crippen LogP contribution in [0.3, 0.4) is 0 Å². The summed E-state index contributed by atoms with van der Waals surface area (Å²) in [4.78, 5) is 17.7. The number of hydrogen-bond donors (Lipinski definition) is 1. The molecule has 2 N–H and O–H groups in total. The molecule has 1 amide bonds.